The second kappa shape index (κ2) is 7.54. The molecule has 0 saturated carbocycles. The van der Waals surface area contributed by atoms with Crippen LogP contribution in [0.3, 0.4) is 0 Å². The van der Waals surface area contributed by atoms with Crippen molar-refractivity contribution in [3.05, 3.63) is 53.9 Å². The second-order valence-electron chi connectivity index (χ2n) is 10.1. The van der Waals surface area contributed by atoms with Gasteiger partial charge in [-0.1, -0.05) is 12.1 Å². The number of carbonyl (C=O) groups is 1. The molecule has 2 aromatic heterocycles. The van der Waals surface area contributed by atoms with E-state index in [1.807, 2.05) is 42.4 Å². The van der Waals surface area contributed by atoms with Crippen LogP contribution in [0.25, 0.3) is 16.6 Å². The summed E-state index contributed by atoms with van der Waals surface area (Å²) in [6, 6.07) is 12.8. The van der Waals surface area contributed by atoms with Gasteiger partial charge < -0.3 is 14.4 Å². The highest BCUT2D eigenvalue weighted by Gasteiger charge is 2.41. The van der Waals surface area contributed by atoms with Crippen molar-refractivity contribution in [1.82, 2.24) is 14.5 Å². The Bertz CT molecular complexity index is 1170. The first-order valence-electron chi connectivity index (χ1n) is 11.5. The molecule has 6 heteroatoms. The number of piperidine rings is 1. The quantitative estimate of drug-likeness (QED) is 0.515. The molecule has 2 aliphatic rings. The van der Waals surface area contributed by atoms with Crippen LogP contribution in [0.4, 0.5) is 4.79 Å². The average molecular weight is 434 g/mol. The number of ether oxygens (including phenoxy) is 2. The lowest BCUT2D eigenvalue weighted by molar-refractivity contribution is -0.0272. The number of pyridine rings is 1. The Balaban J connectivity index is 1.31. The van der Waals surface area contributed by atoms with Gasteiger partial charge in [-0.2, -0.15) is 5.10 Å². The van der Waals surface area contributed by atoms with Crippen molar-refractivity contribution in [2.24, 2.45) is 0 Å². The zero-order chi connectivity index (χ0) is 22.5. The van der Waals surface area contributed by atoms with E-state index in [0.717, 1.165) is 42.6 Å². The number of fused-ring (bicyclic) bond motifs is 2. The van der Waals surface area contributed by atoms with Gasteiger partial charge in [-0.3, -0.25) is 0 Å². The topological polar surface area (TPSA) is 56.1 Å². The number of aromatic nitrogens is 2. The van der Waals surface area contributed by atoms with E-state index < -0.39 is 5.60 Å². The molecule has 32 heavy (non-hydrogen) atoms. The van der Waals surface area contributed by atoms with E-state index in [4.69, 9.17) is 9.47 Å². The van der Waals surface area contributed by atoms with E-state index in [2.05, 4.69) is 42.4 Å². The predicted molar refractivity (Wildman–Crippen MR) is 124 cm³/mol. The lowest BCUT2D eigenvalue weighted by Gasteiger charge is -2.44. The third-order valence-electron chi connectivity index (χ3n) is 6.67. The monoisotopic (exact) mass is 433 g/mol. The summed E-state index contributed by atoms with van der Waals surface area (Å²) >= 11 is 0. The maximum absolute atomic E-state index is 12.4. The highest BCUT2D eigenvalue weighted by atomic mass is 16.6. The summed E-state index contributed by atoms with van der Waals surface area (Å²) in [7, 11) is 0. The third-order valence-corrected chi connectivity index (χ3v) is 6.67. The molecule has 1 spiro atoms. The number of hydrogen-bond donors (Lipinski definition) is 0. The van der Waals surface area contributed by atoms with Crippen molar-refractivity contribution >= 4 is 11.6 Å². The normalized spacial score (nSPS) is 17.8. The summed E-state index contributed by atoms with van der Waals surface area (Å²) in [5.74, 6) is 0.975. The summed E-state index contributed by atoms with van der Waals surface area (Å²) in [4.78, 5) is 14.2. The summed E-state index contributed by atoms with van der Waals surface area (Å²) in [5.41, 5.74) is 5.22. The van der Waals surface area contributed by atoms with E-state index in [1.165, 1.54) is 16.7 Å². The minimum absolute atomic E-state index is 0.184. The maximum Gasteiger partial charge on any atom is 0.410 e. The van der Waals surface area contributed by atoms with E-state index in [9.17, 15) is 4.79 Å². The van der Waals surface area contributed by atoms with Gasteiger partial charge in [0.15, 0.2) is 0 Å². The number of benzene rings is 1. The lowest BCUT2D eigenvalue weighted by atomic mass is 9.82. The van der Waals surface area contributed by atoms with E-state index in [0.29, 0.717) is 13.1 Å². The Labute approximate surface area is 189 Å². The Morgan fingerprint density at radius 3 is 2.62 bits per heavy atom. The highest BCUT2D eigenvalue weighted by molar-refractivity contribution is 5.71. The van der Waals surface area contributed by atoms with Gasteiger partial charge >= 0.3 is 6.09 Å². The first-order chi connectivity index (χ1) is 15.2. The average Bonchev–Trinajstić information content (AvgIpc) is 3.23. The number of nitrogens with zero attached hydrogens (tertiary/aromatic N) is 3. The largest absolute Gasteiger partial charge is 0.487 e. The summed E-state index contributed by atoms with van der Waals surface area (Å²) in [5, 5.41) is 4.44. The second-order valence-corrected chi connectivity index (χ2v) is 10.1. The van der Waals surface area contributed by atoms with E-state index in [1.54, 1.807) is 0 Å². The molecule has 1 amide bonds. The van der Waals surface area contributed by atoms with Crippen molar-refractivity contribution in [3.63, 3.8) is 0 Å². The molecule has 3 aromatic rings. The summed E-state index contributed by atoms with van der Waals surface area (Å²) < 4.78 is 14.1. The Kier molecular flexibility index (Phi) is 4.91. The molecule has 0 N–H and O–H groups in total. The van der Waals surface area contributed by atoms with Crippen molar-refractivity contribution < 1.29 is 14.3 Å². The zero-order valence-electron chi connectivity index (χ0n) is 19.4. The van der Waals surface area contributed by atoms with Gasteiger partial charge in [0, 0.05) is 43.4 Å². The molecule has 0 unspecified atom stereocenters. The molecule has 168 valence electrons. The van der Waals surface area contributed by atoms with Crippen LogP contribution in [-0.4, -0.2) is 44.9 Å². The van der Waals surface area contributed by atoms with Crippen molar-refractivity contribution in [2.75, 3.05) is 13.1 Å². The molecule has 0 bridgehead atoms. The number of carbonyl (C=O) groups excluding carboxylic acids is 1. The van der Waals surface area contributed by atoms with Crippen LogP contribution in [-0.2, 0) is 11.2 Å². The van der Waals surface area contributed by atoms with Crippen LogP contribution in [0.5, 0.6) is 5.75 Å². The molecule has 0 aliphatic carbocycles. The molecule has 6 nitrogen and oxygen atoms in total. The SMILES string of the molecule is Cc1c(-c2ccc3c(c2)CCC2(CCN(C(=O)OC(C)(C)C)CC2)O3)ccc2ccnn12. The van der Waals surface area contributed by atoms with Crippen LogP contribution in [0.2, 0.25) is 0 Å². The number of hydrogen-bond acceptors (Lipinski definition) is 4. The number of amides is 1. The van der Waals surface area contributed by atoms with Gasteiger partial charge in [0.25, 0.3) is 0 Å². The van der Waals surface area contributed by atoms with Gasteiger partial charge in [-0.15, -0.1) is 0 Å². The molecular formula is C26H31N3O3. The first kappa shape index (κ1) is 20.9. The predicted octanol–water partition coefficient (Wildman–Crippen LogP) is 5.40. The van der Waals surface area contributed by atoms with Crippen LogP contribution >= 0.6 is 0 Å². The van der Waals surface area contributed by atoms with Crippen molar-refractivity contribution in [1.29, 1.82) is 0 Å². The molecule has 1 aromatic carbocycles. The standard InChI is InChI=1S/C26H31N3O3/c1-18-22(7-6-21-10-14-27-29(18)21)19-5-8-23-20(17-19)9-11-26(31-23)12-15-28(16-13-26)24(30)32-25(2,3)4/h5-8,10,14,17H,9,11-13,15-16H2,1-4H3. The minimum Gasteiger partial charge on any atom is -0.487 e. The third kappa shape index (κ3) is 3.83. The Hall–Kier alpha value is -3.02. The van der Waals surface area contributed by atoms with E-state index in [-0.39, 0.29) is 11.7 Å². The fourth-order valence-electron chi connectivity index (χ4n) is 4.89. The van der Waals surface area contributed by atoms with Crippen LogP contribution in [0, 0.1) is 6.92 Å². The van der Waals surface area contributed by atoms with Crippen LogP contribution < -0.4 is 4.74 Å². The fraction of sp³-hybridized carbons (Fsp3) is 0.462. The summed E-state index contributed by atoms with van der Waals surface area (Å²) in [6.07, 6.45) is 5.24. The van der Waals surface area contributed by atoms with Gasteiger partial charge in [0.05, 0.1) is 5.52 Å². The smallest absolute Gasteiger partial charge is 0.410 e. The lowest BCUT2D eigenvalue weighted by Crippen LogP contribution is -2.52. The molecule has 4 heterocycles. The zero-order valence-corrected chi connectivity index (χ0v) is 19.4. The van der Waals surface area contributed by atoms with Crippen LogP contribution in [0.1, 0.15) is 51.3 Å². The van der Waals surface area contributed by atoms with Crippen molar-refractivity contribution in [3.8, 4) is 16.9 Å². The molecule has 1 saturated heterocycles. The molecule has 2 aliphatic heterocycles. The van der Waals surface area contributed by atoms with Gasteiger partial charge in [-0.05, 0) is 75.9 Å². The number of likely N-dealkylation sites (tertiary alicyclic amines) is 1. The van der Waals surface area contributed by atoms with Crippen molar-refractivity contribution in [2.45, 2.75) is 64.6 Å². The molecular weight excluding hydrogens is 402 g/mol. The molecule has 5 rings (SSSR count). The molecule has 0 radical (unpaired) electrons. The number of aryl methyl sites for hydroxylation is 2. The molecule has 1 fully saturated rings. The van der Waals surface area contributed by atoms with Crippen LogP contribution in [0.15, 0.2) is 42.6 Å². The van der Waals surface area contributed by atoms with Gasteiger partial charge in [-0.25, -0.2) is 9.31 Å². The number of rotatable bonds is 1. The molecule has 0 atom stereocenters. The van der Waals surface area contributed by atoms with E-state index >= 15 is 0 Å². The Morgan fingerprint density at radius 1 is 1.09 bits per heavy atom. The fourth-order valence-corrected chi connectivity index (χ4v) is 4.89. The highest BCUT2D eigenvalue weighted by Crippen LogP contribution is 2.41. The first-order valence-corrected chi connectivity index (χ1v) is 11.5. The summed E-state index contributed by atoms with van der Waals surface area (Å²) in [6.45, 7) is 9.16. The maximum atomic E-state index is 12.4. The Morgan fingerprint density at radius 2 is 1.88 bits per heavy atom. The minimum atomic E-state index is -0.468. The van der Waals surface area contributed by atoms with Gasteiger partial charge in [0.1, 0.15) is 17.0 Å². The van der Waals surface area contributed by atoms with Gasteiger partial charge in [0.2, 0.25) is 0 Å².